The van der Waals surface area contributed by atoms with E-state index in [0.717, 1.165) is 73.1 Å². The molecule has 42 heavy (non-hydrogen) atoms. The first kappa shape index (κ1) is 32.1. The molecule has 234 valence electrons. The van der Waals surface area contributed by atoms with Crippen molar-refractivity contribution in [1.82, 2.24) is 19.6 Å². The van der Waals surface area contributed by atoms with Crippen LogP contribution < -0.4 is 4.74 Å². The second kappa shape index (κ2) is 14.1. The summed E-state index contributed by atoms with van der Waals surface area (Å²) in [5.74, 6) is -0.813. The lowest BCUT2D eigenvalue weighted by molar-refractivity contribution is -0.870. The zero-order valence-corrected chi connectivity index (χ0v) is 26.4. The van der Waals surface area contributed by atoms with Crippen LogP contribution in [0.3, 0.4) is 0 Å². The Morgan fingerprint density at radius 3 is 2.62 bits per heavy atom. The Morgan fingerprint density at radius 1 is 1.14 bits per heavy atom. The first-order valence-electron chi connectivity index (χ1n) is 15.8. The number of unbranched alkanes of at least 4 members (excludes halogenated alkanes) is 1. The smallest absolute Gasteiger partial charge is 0.319 e. The fraction of sp³-hybridized carbons (Fsp3) is 0.719. The van der Waals surface area contributed by atoms with E-state index in [2.05, 4.69) is 39.0 Å². The average molecular weight is 587 g/mol. The first-order chi connectivity index (χ1) is 20.0. The number of carbonyl (C=O) groups is 3. The highest BCUT2D eigenvalue weighted by Gasteiger charge is 2.47. The molecule has 0 unspecified atom stereocenters. The fourth-order valence-electron chi connectivity index (χ4n) is 6.77. The molecule has 3 aliphatic rings. The molecule has 10 nitrogen and oxygen atoms in total. The largest absolute Gasteiger partial charge is 0.493 e. The number of quaternary nitrogens is 1. The van der Waals surface area contributed by atoms with E-state index in [-0.39, 0.29) is 30.4 Å². The summed E-state index contributed by atoms with van der Waals surface area (Å²) in [5.41, 5.74) is 2.11. The number of urea groups is 1. The van der Waals surface area contributed by atoms with Crippen molar-refractivity contribution >= 4 is 17.9 Å². The number of ether oxygens (including phenoxy) is 1. The highest BCUT2D eigenvalue weighted by molar-refractivity contribution is 5.79. The zero-order valence-electron chi connectivity index (χ0n) is 26.4. The number of hydrogen-bond acceptors (Lipinski definition) is 5. The molecule has 0 aliphatic carbocycles. The standard InChI is InChI=1S/C32H51N5O5/c1-6-7-15-34(17-9-19-37(3,4)5)29(38)23-36-22-26(24-10-11-28-25(21-24)13-20-42-28)30(31(39)40)27(36)12-18-35-16-8-14-33(2)32(35)41/h10-11,21,26-27,30H,6-9,12-20,22-23H2,1-5H3/p+1/t26-,27+,30-/m1/s1. The van der Waals surface area contributed by atoms with E-state index in [9.17, 15) is 19.5 Å². The number of nitrogens with zero attached hydrogens (tertiary/aromatic N) is 5. The number of rotatable bonds is 14. The summed E-state index contributed by atoms with van der Waals surface area (Å²) in [6.45, 7) is 7.78. The van der Waals surface area contributed by atoms with Crippen LogP contribution in [0.1, 0.15) is 56.1 Å². The van der Waals surface area contributed by atoms with Crippen molar-refractivity contribution in [3.63, 3.8) is 0 Å². The Morgan fingerprint density at radius 2 is 1.90 bits per heavy atom. The number of hydrogen-bond donors (Lipinski definition) is 1. The number of fused-ring (bicyclic) bond motifs is 1. The molecule has 0 spiro atoms. The summed E-state index contributed by atoms with van der Waals surface area (Å²) in [6, 6.07) is 5.70. The van der Waals surface area contributed by atoms with Crippen LogP contribution in [-0.4, -0.2) is 140 Å². The summed E-state index contributed by atoms with van der Waals surface area (Å²) in [4.78, 5) is 47.2. The lowest BCUT2D eigenvalue weighted by atomic mass is 9.83. The fourth-order valence-corrected chi connectivity index (χ4v) is 6.77. The number of carbonyl (C=O) groups excluding carboxylic acids is 2. The molecule has 2 fully saturated rings. The van der Waals surface area contributed by atoms with Crippen molar-refractivity contribution in [1.29, 1.82) is 0 Å². The maximum Gasteiger partial charge on any atom is 0.319 e. The number of carboxylic acids is 1. The molecule has 1 aromatic carbocycles. The summed E-state index contributed by atoms with van der Waals surface area (Å²) >= 11 is 0. The summed E-state index contributed by atoms with van der Waals surface area (Å²) in [6.07, 6.45) is 5.12. The van der Waals surface area contributed by atoms with Gasteiger partial charge < -0.3 is 29.0 Å². The molecule has 10 heteroatoms. The SMILES string of the molecule is CCCCN(CCC[N+](C)(C)C)C(=O)CN1C[C@H](c2ccc3c(c2)CCO3)[C@@H](C(=O)O)[C@@H]1CCN1CCCN(C)C1=O. The van der Waals surface area contributed by atoms with Gasteiger partial charge in [-0.05, 0) is 36.5 Å². The molecule has 3 atom stereocenters. The monoisotopic (exact) mass is 586 g/mol. The van der Waals surface area contributed by atoms with Crippen molar-refractivity contribution in [2.45, 2.75) is 57.4 Å². The van der Waals surface area contributed by atoms with Gasteiger partial charge in [0.25, 0.3) is 0 Å². The maximum atomic E-state index is 13.8. The van der Waals surface area contributed by atoms with Crippen LogP contribution >= 0.6 is 0 Å². The van der Waals surface area contributed by atoms with Crippen molar-refractivity contribution in [3.8, 4) is 5.75 Å². The minimum Gasteiger partial charge on any atom is -0.493 e. The quantitative estimate of drug-likeness (QED) is 0.337. The van der Waals surface area contributed by atoms with Crippen molar-refractivity contribution in [3.05, 3.63) is 29.3 Å². The summed E-state index contributed by atoms with van der Waals surface area (Å²) in [5, 5.41) is 10.6. The third-order valence-corrected chi connectivity index (χ3v) is 9.12. The van der Waals surface area contributed by atoms with Crippen LogP contribution in [0.15, 0.2) is 18.2 Å². The lowest BCUT2D eigenvalue weighted by Crippen LogP contribution is -2.50. The van der Waals surface area contributed by atoms with Crippen LogP contribution in [0.5, 0.6) is 5.75 Å². The normalized spacial score (nSPS) is 22.8. The second-order valence-corrected chi connectivity index (χ2v) is 13.4. The van der Waals surface area contributed by atoms with Crippen LogP contribution in [0.2, 0.25) is 0 Å². The highest BCUT2D eigenvalue weighted by atomic mass is 16.5. The Hall–Kier alpha value is -2.85. The molecular formula is C32H52N5O5+. The van der Waals surface area contributed by atoms with E-state index < -0.39 is 11.9 Å². The molecular weight excluding hydrogens is 534 g/mol. The highest BCUT2D eigenvalue weighted by Crippen LogP contribution is 2.41. The third-order valence-electron chi connectivity index (χ3n) is 9.12. The van der Waals surface area contributed by atoms with Crippen LogP contribution in [0.4, 0.5) is 4.79 Å². The minimum atomic E-state index is -0.843. The van der Waals surface area contributed by atoms with E-state index in [1.807, 2.05) is 29.0 Å². The molecule has 1 aromatic rings. The lowest BCUT2D eigenvalue weighted by Gasteiger charge is -2.35. The number of aliphatic carboxylic acids is 1. The van der Waals surface area contributed by atoms with Crippen molar-refractivity contribution < 1.29 is 28.7 Å². The molecule has 1 N–H and O–H groups in total. The average Bonchev–Trinajstić information content (AvgIpc) is 3.55. The van der Waals surface area contributed by atoms with E-state index in [1.165, 1.54) is 0 Å². The predicted molar refractivity (Wildman–Crippen MR) is 163 cm³/mol. The van der Waals surface area contributed by atoms with Crippen molar-refractivity contribution in [2.75, 3.05) is 87.2 Å². The molecule has 0 radical (unpaired) electrons. The van der Waals surface area contributed by atoms with Gasteiger partial charge in [-0.25, -0.2) is 4.79 Å². The molecule has 4 rings (SSSR count). The van der Waals surface area contributed by atoms with Gasteiger partial charge in [-0.3, -0.25) is 14.5 Å². The Balaban J connectivity index is 1.56. The van der Waals surface area contributed by atoms with Gasteiger partial charge in [-0.2, -0.15) is 0 Å². The second-order valence-electron chi connectivity index (χ2n) is 13.4. The number of likely N-dealkylation sites (tertiary alicyclic amines) is 1. The van der Waals surface area contributed by atoms with E-state index in [1.54, 1.807) is 4.90 Å². The third kappa shape index (κ3) is 7.95. The summed E-state index contributed by atoms with van der Waals surface area (Å²) < 4.78 is 6.55. The van der Waals surface area contributed by atoms with Gasteiger partial charge in [0.05, 0.1) is 46.8 Å². The maximum absolute atomic E-state index is 13.8. The van der Waals surface area contributed by atoms with Crippen molar-refractivity contribution in [2.24, 2.45) is 5.92 Å². The Bertz CT molecular complexity index is 1110. The zero-order chi connectivity index (χ0) is 30.4. The molecule has 3 amide bonds. The van der Waals surface area contributed by atoms with Gasteiger partial charge >= 0.3 is 12.0 Å². The van der Waals surface area contributed by atoms with Crippen LogP contribution in [0, 0.1) is 5.92 Å². The first-order valence-corrected chi connectivity index (χ1v) is 15.8. The van der Waals surface area contributed by atoms with Gasteiger partial charge in [0.1, 0.15) is 5.75 Å². The molecule has 0 bridgehead atoms. The molecule has 2 saturated heterocycles. The van der Waals surface area contributed by atoms with Crippen LogP contribution in [-0.2, 0) is 16.0 Å². The number of amides is 3. The van der Waals surface area contributed by atoms with Gasteiger partial charge in [0, 0.05) is 71.1 Å². The molecule has 0 aromatic heterocycles. The van der Waals surface area contributed by atoms with Gasteiger partial charge in [0.2, 0.25) is 5.91 Å². The molecule has 0 saturated carbocycles. The predicted octanol–water partition coefficient (Wildman–Crippen LogP) is 2.96. The molecule has 3 heterocycles. The number of carboxylic acid groups (broad SMARTS) is 1. The minimum absolute atomic E-state index is 0.00749. The molecule has 3 aliphatic heterocycles. The Kier molecular flexibility index (Phi) is 10.8. The summed E-state index contributed by atoms with van der Waals surface area (Å²) in [7, 11) is 8.30. The van der Waals surface area contributed by atoms with E-state index >= 15 is 0 Å². The van der Waals surface area contributed by atoms with Gasteiger partial charge in [-0.1, -0.05) is 25.5 Å². The van der Waals surface area contributed by atoms with E-state index in [4.69, 9.17) is 4.74 Å². The number of benzene rings is 1. The van der Waals surface area contributed by atoms with Crippen LogP contribution in [0.25, 0.3) is 0 Å². The topological polar surface area (TPSA) is 93.6 Å². The van der Waals surface area contributed by atoms with E-state index in [0.29, 0.717) is 39.2 Å². The van der Waals surface area contributed by atoms with Gasteiger partial charge in [-0.15, -0.1) is 0 Å². The Labute approximate surface area is 251 Å². The van der Waals surface area contributed by atoms with Gasteiger partial charge in [0.15, 0.2) is 0 Å².